The van der Waals surface area contributed by atoms with Gasteiger partial charge in [0.2, 0.25) is 30.0 Å². The molecule has 0 aromatic rings. The molecule has 0 aliphatic carbocycles. The molecule has 0 rings (SSSR count). The van der Waals surface area contributed by atoms with Gasteiger partial charge in [-0.05, 0) is 12.8 Å². The third-order valence-corrected chi connectivity index (χ3v) is 4.06. The van der Waals surface area contributed by atoms with Crippen LogP contribution in [0.4, 0.5) is 0 Å². The number of carboxylic acid groups (broad SMARTS) is 1. The molecule has 0 saturated carbocycles. The van der Waals surface area contributed by atoms with Gasteiger partial charge in [0.15, 0.2) is 0 Å². The summed E-state index contributed by atoms with van der Waals surface area (Å²) in [6.45, 7) is -1.88. The maximum absolute atomic E-state index is 12.2. The van der Waals surface area contributed by atoms with Gasteiger partial charge in [-0.3, -0.25) is 28.8 Å². The Balaban J connectivity index is 4.88. The van der Waals surface area contributed by atoms with E-state index in [1.54, 1.807) is 0 Å². The van der Waals surface area contributed by atoms with Crippen molar-refractivity contribution < 1.29 is 48.6 Å². The Hall–Kier alpha value is -3.88. The first-order valence-electron chi connectivity index (χ1n) is 9.74. The molecule has 0 heterocycles. The molecule has 0 saturated heterocycles. The second-order valence-corrected chi connectivity index (χ2v) is 6.51. The molecule has 33 heavy (non-hydrogen) atoms. The van der Waals surface area contributed by atoms with E-state index in [1.807, 2.05) is 0 Å². The lowest BCUT2D eigenvalue weighted by Crippen LogP contribution is -2.55. The lowest BCUT2D eigenvalue weighted by atomic mass is 10.1. The van der Waals surface area contributed by atoms with E-state index in [0.29, 0.717) is 12.6 Å². The van der Waals surface area contributed by atoms with Crippen molar-refractivity contribution in [2.24, 2.45) is 0 Å². The average Bonchev–Trinajstić information content (AvgIpc) is 2.79. The number of carboxylic acids is 1. The number of aliphatic carboxylic acids is 1. The first kappa shape index (κ1) is 29.1. The fourth-order valence-corrected chi connectivity index (χ4v) is 2.41. The number of aliphatic hydroxyl groups is 1. The number of carbonyl (C=O) groups excluding carboxylic acids is 7. The Morgan fingerprint density at radius 3 is 2.00 bits per heavy atom. The average molecular weight is 473 g/mol. The molecule has 0 fully saturated rings. The molecule has 0 spiro atoms. The van der Waals surface area contributed by atoms with Crippen molar-refractivity contribution in [1.29, 1.82) is 0 Å². The number of aliphatic hydroxyl groups excluding tert-OH is 1. The van der Waals surface area contributed by atoms with Gasteiger partial charge in [-0.15, -0.1) is 0 Å². The summed E-state index contributed by atoms with van der Waals surface area (Å²) in [5.41, 5.74) is 0. The monoisotopic (exact) mass is 473 g/mol. The molecule has 15 heteroatoms. The van der Waals surface area contributed by atoms with Crippen molar-refractivity contribution in [3.8, 4) is 0 Å². The van der Waals surface area contributed by atoms with Crippen LogP contribution in [0.25, 0.3) is 0 Å². The highest BCUT2D eigenvalue weighted by molar-refractivity contribution is 5.94. The highest BCUT2D eigenvalue weighted by Gasteiger charge is 2.26. The minimum atomic E-state index is -1.49. The number of rotatable bonds is 18. The number of hydrogen-bond acceptors (Lipinski definition) is 9. The van der Waals surface area contributed by atoms with Crippen molar-refractivity contribution in [2.75, 3.05) is 19.7 Å². The van der Waals surface area contributed by atoms with Gasteiger partial charge in [-0.1, -0.05) is 0 Å². The smallest absolute Gasteiger partial charge is 0.303 e. The molecule has 0 aliphatic heterocycles. The Morgan fingerprint density at radius 1 is 0.788 bits per heavy atom. The lowest BCUT2D eigenvalue weighted by Gasteiger charge is -2.21. The van der Waals surface area contributed by atoms with Gasteiger partial charge in [0.05, 0.1) is 19.7 Å². The number of amides is 5. The van der Waals surface area contributed by atoms with E-state index < -0.39 is 67.3 Å². The molecule has 5 amide bonds. The summed E-state index contributed by atoms with van der Waals surface area (Å²) in [5.74, 6) is -4.71. The van der Waals surface area contributed by atoms with Crippen molar-refractivity contribution in [3.63, 3.8) is 0 Å². The van der Waals surface area contributed by atoms with E-state index in [2.05, 4.69) is 26.6 Å². The Labute approximate surface area is 188 Å². The molecule has 0 aliphatic rings. The maximum Gasteiger partial charge on any atom is 0.303 e. The molecular formula is C18H27N5O10. The highest BCUT2D eigenvalue weighted by atomic mass is 16.4. The maximum atomic E-state index is 12.2. The summed E-state index contributed by atoms with van der Waals surface area (Å²) < 4.78 is 0. The molecule has 184 valence electrons. The lowest BCUT2D eigenvalue weighted by molar-refractivity contribution is -0.138. The normalized spacial score (nSPS) is 12.8. The predicted octanol–water partition coefficient (Wildman–Crippen LogP) is -4.66. The first-order valence-corrected chi connectivity index (χ1v) is 9.74. The molecule has 15 nitrogen and oxygen atoms in total. The number of nitrogens with one attached hydrogen (secondary N) is 5. The van der Waals surface area contributed by atoms with Gasteiger partial charge >= 0.3 is 5.97 Å². The molecule has 0 unspecified atom stereocenters. The fourth-order valence-electron chi connectivity index (χ4n) is 2.41. The van der Waals surface area contributed by atoms with Crippen LogP contribution >= 0.6 is 0 Å². The third kappa shape index (κ3) is 12.5. The molecule has 0 bridgehead atoms. The molecule has 3 atom stereocenters. The predicted molar refractivity (Wildman–Crippen MR) is 108 cm³/mol. The third-order valence-electron chi connectivity index (χ3n) is 4.06. The molecule has 0 aromatic heterocycles. The van der Waals surface area contributed by atoms with Crippen LogP contribution < -0.4 is 26.6 Å². The van der Waals surface area contributed by atoms with E-state index in [9.17, 15) is 43.5 Å². The molecule has 0 radical (unpaired) electrons. The summed E-state index contributed by atoms with van der Waals surface area (Å²) in [6, 6.07) is -3.90. The van der Waals surface area contributed by atoms with Gasteiger partial charge in [-0.2, -0.15) is 0 Å². The molecular weight excluding hydrogens is 446 g/mol. The summed E-state index contributed by atoms with van der Waals surface area (Å²) in [4.78, 5) is 90.5. The quantitative estimate of drug-likeness (QED) is 0.0939. The van der Waals surface area contributed by atoms with Crippen molar-refractivity contribution >= 4 is 48.6 Å². The number of carbonyl (C=O) groups is 8. The number of aldehydes is 2. The highest BCUT2D eigenvalue weighted by Crippen LogP contribution is 1.99. The van der Waals surface area contributed by atoms with Crippen LogP contribution in [0.3, 0.4) is 0 Å². The van der Waals surface area contributed by atoms with Gasteiger partial charge in [0.25, 0.3) is 0 Å². The standard InChI is InChI=1S/C18H27N5O10/c24-6-1-2-11(21-10-27)18(33)23-13(9-26)17(32)20-8-14(28)22-12(3-4-15(29)30)16(31)19-5-7-25/h6-7,10-13,26H,1-5,8-9H2,(H,19,31)(H,20,32)(H,21,27)(H,22,28)(H,23,33)(H,29,30)/t11-,12-,13-/m0/s1. The fraction of sp³-hybridized carbons (Fsp3) is 0.556. The molecule has 0 aromatic carbocycles. The Bertz CT molecular complexity index is 729. The van der Waals surface area contributed by atoms with Crippen LogP contribution in [0.1, 0.15) is 25.7 Å². The molecule has 7 N–H and O–H groups in total. The van der Waals surface area contributed by atoms with Gasteiger partial charge in [0, 0.05) is 12.8 Å². The largest absolute Gasteiger partial charge is 0.481 e. The zero-order valence-electron chi connectivity index (χ0n) is 17.6. The number of hydrogen-bond donors (Lipinski definition) is 7. The first-order chi connectivity index (χ1) is 15.7. The van der Waals surface area contributed by atoms with Crippen molar-refractivity contribution in [2.45, 2.75) is 43.8 Å². The van der Waals surface area contributed by atoms with E-state index in [-0.39, 0.29) is 32.2 Å². The van der Waals surface area contributed by atoms with E-state index in [4.69, 9.17) is 5.11 Å². The van der Waals surface area contributed by atoms with Crippen LogP contribution in [0.2, 0.25) is 0 Å². The Morgan fingerprint density at radius 2 is 1.45 bits per heavy atom. The summed E-state index contributed by atoms with van der Waals surface area (Å²) in [7, 11) is 0. The van der Waals surface area contributed by atoms with Crippen molar-refractivity contribution in [3.05, 3.63) is 0 Å². The summed E-state index contributed by atoms with van der Waals surface area (Å²) in [6.07, 6.45) is 0.347. The second kappa shape index (κ2) is 16.8. The minimum Gasteiger partial charge on any atom is -0.481 e. The van der Waals surface area contributed by atoms with Gasteiger partial charge in [-0.25, -0.2) is 0 Å². The van der Waals surface area contributed by atoms with Gasteiger partial charge in [0.1, 0.15) is 30.7 Å². The van der Waals surface area contributed by atoms with E-state index >= 15 is 0 Å². The SMILES string of the molecule is O=CCC[C@H](NC=O)C(=O)N[C@@H](CO)C(=O)NCC(=O)N[C@@H](CCC(=O)O)C(=O)NCC=O. The zero-order valence-corrected chi connectivity index (χ0v) is 17.6. The zero-order chi connectivity index (χ0) is 25.2. The van der Waals surface area contributed by atoms with Crippen LogP contribution in [0, 0.1) is 0 Å². The van der Waals surface area contributed by atoms with E-state index in [0.717, 1.165) is 0 Å². The van der Waals surface area contributed by atoms with Crippen LogP contribution in [0.15, 0.2) is 0 Å². The minimum absolute atomic E-state index is 0.0415. The van der Waals surface area contributed by atoms with Gasteiger partial charge < -0.3 is 46.4 Å². The van der Waals surface area contributed by atoms with Crippen LogP contribution in [-0.2, 0) is 38.4 Å². The summed E-state index contributed by atoms with van der Waals surface area (Å²) in [5, 5.41) is 29.0. The topological polar surface area (TPSA) is 237 Å². The van der Waals surface area contributed by atoms with Crippen LogP contribution in [0.5, 0.6) is 0 Å². The summed E-state index contributed by atoms with van der Waals surface area (Å²) >= 11 is 0. The Kier molecular flexibility index (Phi) is 14.8. The van der Waals surface area contributed by atoms with Crippen molar-refractivity contribution in [1.82, 2.24) is 26.6 Å². The second-order valence-electron chi connectivity index (χ2n) is 6.51. The van der Waals surface area contributed by atoms with Crippen LogP contribution in [-0.4, -0.2) is 96.6 Å². The van der Waals surface area contributed by atoms with E-state index in [1.165, 1.54) is 0 Å².